The Balaban J connectivity index is 2.87. The number of carbonyl (C=O) groups is 1. The number of morpholine rings is 1. The summed E-state index contributed by atoms with van der Waals surface area (Å²) in [6.45, 7) is 2.53. The molecule has 0 spiro atoms. The first-order chi connectivity index (χ1) is 8.03. The van der Waals surface area contributed by atoms with E-state index in [0.717, 1.165) is 4.31 Å². The zero-order valence-electron chi connectivity index (χ0n) is 9.55. The number of amides is 1. The molecule has 1 saturated heterocycles. The van der Waals surface area contributed by atoms with E-state index in [1.165, 1.54) is 0 Å². The normalized spacial score (nSPS) is 21.8. The van der Waals surface area contributed by atoms with E-state index in [-0.39, 0.29) is 19.8 Å². The van der Waals surface area contributed by atoms with E-state index in [0.29, 0.717) is 6.54 Å². The largest absolute Gasteiger partial charge is 0.378 e. The van der Waals surface area contributed by atoms with Crippen LogP contribution in [0.15, 0.2) is 0 Å². The summed E-state index contributed by atoms with van der Waals surface area (Å²) >= 11 is 0. The minimum absolute atomic E-state index is 0.0243. The van der Waals surface area contributed by atoms with Crippen LogP contribution in [0.1, 0.15) is 6.92 Å². The summed E-state index contributed by atoms with van der Waals surface area (Å²) in [5.41, 5.74) is 0. The summed E-state index contributed by atoms with van der Waals surface area (Å²) in [5.74, 6) is -1.02. The van der Waals surface area contributed by atoms with Gasteiger partial charge in [0.1, 0.15) is 6.04 Å². The number of hydrogen-bond acceptors (Lipinski definition) is 5. The maximum atomic E-state index is 11.8. The summed E-state index contributed by atoms with van der Waals surface area (Å²) in [5, 5.41) is 11.0. The fourth-order valence-electron chi connectivity index (χ4n) is 1.58. The standard InChI is InChI=1S/C9H15N3O4S/c1-2-11-9(13)8-7-16-5-4-12(8)17(14,15)6-3-10/h8H,2,4-7H2,1H3,(H,11,13). The molecule has 1 heterocycles. The number of hydrogen-bond donors (Lipinski definition) is 1. The highest BCUT2D eigenvalue weighted by Gasteiger charge is 2.36. The third-order valence-corrected chi connectivity index (χ3v) is 3.98. The van der Waals surface area contributed by atoms with E-state index in [4.69, 9.17) is 10.00 Å². The Labute approximate surface area is 100 Å². The van der Waals surface area contributed by atoms with E-state index < -0.39 is 27.7 Å². The quantitative estimate of drug-likeness (QED) is 0.676. The summed E-state index contributed by atoms with van der Waals surface area (Å²) in [4.78, 5) is 11.7. The van der Waals surface area contributed by atoms with E-state index in [9.17, 15) is 13.2 Å². The predicted octanol–water partition coefficient (Wildman–Crippen LogP) is -1.32. The number of nitrogens with zero attached hydrogens (tertiary/aromatic N) is 2. The van der Waals surface area contributed by atoms with Crippen molar-refractivity contribution in [1.29, 1.82) is 5.26 Å². The Morgan fingerprint density at radius 2 is 2.35 bits per heavy atom. The molecule has 0 aliphatic carbocycles. The molecule has 96 valence electrons. The van der Waals surface area contributed by atoms with Crippen LogP contribution in [0.5, 0.6) is 0 Å². The van der Waals surface area contributed by atoms with Gasteiger partial charge in [0, 0.05) is 13.1 Å². The van der Waals surface area contributed by atoms with Crippen LogP contribution >= 0.6 is 0 Å². The highest BCUT2D eigenvalue weighted by atomic mass is 32.2. The second-order valence-electron chi connectivity index (χ2n) is 3.51. The predicted molar refractivity (Wildman–Crippen MR) is 59.4 cm³/mol. The number of nitrogens with one attached hydrogen (secondary N) is 1. The van der Waals surface area contributed by atoms with Gasteiger partial charge in [-0.05, 0) is 6.92 Å². The lowest BCUT2D eigenvalue weighted by molar-refractivity contribution is -0.129. The zero-order valence-corrected chi connectivity index (χ0v) is 10.4. The molecule has 1 atom stereocenters. The number of ether oxygens (including phenoxy) is 1. The van der Waals surface area contributed by atoms with Crippen molar-refractivity contribution >= 4 is 15.9 Å². The molecule has 0 aromatic heterocycles. The van der Waals surface area contributed by atoms with Gasteiger partial charge in [0.2, 0.25) is 15.9 Å². The average molecular weight is 261 g/mol. The first-order valence-electron chi connectivity index (χ1n) is 5.25. The molecule has 0 aromatic rings. The van der Waals surface area contributed by atoms with Gasteiger partial charge in [0.15, 0.2) is 5.75 Å². The van der Waals surface area contributed by atoms with Crippen LogP contribution in [0.4, 0.5) is 0 Å². The molecule has 0 saturated carbocycles. The first kappa shape index (κ1) is 13.9. The van der Waals surface area contributed by atoms with Gasteiger partial charge in [-0.2, -0.15) is 9.57 Å². The lowest BCUT2D eigenvalue weighted by Gasteiger charge is -2.32. The molecule has 1 aliphatic heterocycles. The Morgan fingerprint density at radius 1 is 1.65 bits per heavy atom. The van der Waals surface area contributed by atoms with Gasteiger partial charge in [0.25, 0.3) is 0 Å². The fourth-order valence-corrected chi connectivity index (χ4v) is 2.81. The van der Waals surface area contributed by atoms with Crippen LogP contribution < -0.4 is 5.32 Å². The molecule has 1 aliphatic rings. The van der Waals surface area contributed by atoms with Gasteiger partial charge >= 0.3 is 0 Å². The van der Waals surface area contributed by atoms with E-state index in [1.54, 1.807) is 13.0 Å². The van der Waals surface area contributed by atoms with Gasteiger partial charge in [-0.1, -0.05) is 0 Å². The van der Waals surface area contributed by atoms with Crippen LogP contribution in [-0.4, -0.2) is 56.7 Å². The number of rotatable bonds is 4. The second kappa shape index (κ2) is 5.95. The lowest BCUT2D eigenvalue weighted by Crippen LogP contribution is -2.56. The topological polar surface area (TPSA) is 99.5 Å². The van der Waals surface area contributed by atoms with Crippen molar-refractivity contribution in [2.45, 2.75) is 13.0 Å². The van der Waals surface area contributed by atoms with Gasteiger partial charge in [0.05, 0.1) is 19.3 Å². The maximum Gasteiger partial charge on any atom is 0.240 e. The monoisotopic (exact) mass is 261 g/mol. The van der Waals surface area contributed by atoms with E-state index in [1.807, 2.05) is 0 Å². The molecule has 0 aromatic carbocycles. The highest BCUT2D eigenvalue weighted by molar-refractivity contribution is 7.89. The van der Waals surface area contributed by atoms with Gasteiger partial charge < -0.3 is 10.1 Å². The minimum Gasteiger partial charge on any atom is -0.378 e. The molecule has 1 fully saturated rings. The second-order valence-corrected chi connectivity index (χ2v) is 5.43. The van der Waals surface area contributed by atoms with Crippen LogP contribution in [0.25, 0.3) is 0 Å². The number of nitriles is 1. The van der Waals surface area contributed by atoms with E-state index in [2.05, 4.69) is 5.32 Å². The molecule has 0 bridgehead atoms. The van der Waals surface area contributed by atoms with Crippen molar-refractivity contribution < 1.29 is 17.9 Å². The zero-order chi connectivity index (χ0) is 12.9. The van der Waals surface area contributed by atoms with Crippen molar-refractivity contribution in [3.63, 3.8) is 0 Å². The minimum atomic E-state index is -3.71. The summed E-state index contributed by atoms with van der Waals surface area (Å²) in [6, 6.07) is 0.721. The molecule has 0 radical (unpaired) electrons. The SMILES string of the molecule is CCNC(=O)C1COCCN1S(=O)(=O)CC#N. The number of carbonyl (C=O) groups excluding carboxylic acids is 1. The first-order valence-corrected chi connectivity index (χ1v) is 6.85. The number of sulfonamides is 1. The highest BCUT2D eigenvalue weighted by Crippen LogP contribution is 2.13. The third kappa shape index (κ3) is 3.39. The van der Waals surface area contributed by atoms with Crippen molar-refractivity contribution in [1.82, 2.24) is 9.62 Å². The van der Waals surface area contributed by atoms with Gasteiger partial charge in [-0.25, -0.2) is 8.42 Å². The molecule has 17 heavy (non-hydrogen) atoms. The Bertz CT molecular complexity index is 414. The smallest absolute Gasteiger partial charge is 0.240 e. The van der Waals surface area contributed by atoms with Crippen molar-refractivity contribution in [2.75, 3.05) is 32.1 Å². The van der Waals surface area contributed by atoms with Crippen molar-refractivity contribution in [3.8, 4) is 6.07 Å². The Hall–Kier alpha value is -1.17. The number of likely N-dealkylation sites (N-methyl/N-ethyl adjacent to an activating group) is 1. The molecule has 7 nitrogen and oxygen atoms in total. The summed E-state index contributed by atoms with van der Waals surface area (Å²) in [6.07, 6.45) is 0. The Kier molecular flexibility index (Phi) is 4.86. The molecule has 8 heteroatoms. The van der Waals surface area contributed by atoms with Gasteiger partial charge in [-0.3, -0.25) is 4.79 Å². The fraction of sp³-hybridized carbons (Fsp3) is 0.778. The van der Waals surface area contributed by atoms with Gasteiger partial charge in [-0.15, -0.1) is 0 Å². The third-order valence-electron chi connectivity index (χ3n) is 2.34. The molecule has 1 rings (SSSR count). The van der Waals surface area contributed by atoms with Crippen molar-refractivity contribution in [2.24, 2.45) is 0 Å². The molecular formula is C9H15N3O4S. The van der Waals surface area contributed by atoms with Crippen LogP contribution in [0.2, 0.25) is 0 Å². The average Bonchev–Trinajstić information content (AvgIpc) is 2.29. The van der Waals surface area contributed by atoms with Crippen molar-refractivity contribution in [3.05, 3.63) is 0 Å². The molecular weight excluding hydrogens is 246 g/mol. The summed E-state index contributed by atoms with van der Waals surface area (Å²) < 4.78 is 29.7. The van der Waals surface area contributed by atoms with E-state index >= 15 is 0 Å². The molecule has 1 unspecified atom stereocenters. The molecule has 1 N–H and O–H groups in total. The van der Waals surface area contributed by atoms with Crippen LogP contribution in [0, 0.1) is 11.3 Å². The lowest BCUT2D eigenvalue weighted by atomic mass is 10.2. The molecule has 1 amide bonds. The Morgan fingerprint density at radius 3 is 2.94 bits per heavy atom. The van der Waals surface area contributed by atoms with Crippen LogP contribution in [0.3, 0.4) is 0 Å². The maximum absolute atomic E-state index is 11.8. The summed E-state index contributed by atoms with van der Waals surface area (Å²) in [7, 11) is -3.71. The van der Waals surface area contributed by atoms with Crippen LogP contribution in [-0.2, 0) is 19.6 Å².